The van der Waals surface area contributed by atoms with E-state index in [9.17, 15) is 27.2 Å². The monoisotopic (exact) mass is 1640 g/mol. The molecule has 31 heteroatoms. The summed E-state index contributed by atoms with van der Waals surface area (Å²) >= 11 is 0. The number of carbonyl (C=O) groups excluding carboxylic acids is 2. The second-order valence-electron chi connectivity index (χ2n) is 28.5. The van der Waals surface area contributed by atoms with Crippen molar-refractivity contribution in [2.24, 2.45) is 11.7 Å². The minimum Gasteiger partial charge on any atom is -0.493 e. The molecule has 1 saturated heterocycles. The number of ether oxygens (including phenoxy) is 9. The lowest BCUT2D eigenvalue weighted by atomic mass is 10.0. The fraction of sp³-hybridized carbons (Fsp3) is 0.315. The van der Waals surface area contributed by atoms with Gasteiger partial charge in [0.05, 0.1) is 106 Å². The van der Waals surface area contributed by atoms with E-state index in [1.54, 1.807) is 107 Å². The Labute approximate surface area is 692 Å². The van der Waals surface area contributed by atoms with Crippen LogP contribution >= 0.6 is 0 Å². The molecule has 8 aromatic carbocycles. The maximum atomic E-state index is 14.3. The smallest absolute Gasteiger partial charge is 0.222 e. The molecule has 13 aromatic rings. The van der Waals surface area contributed by atoms with Gasteiger partial charge in [0.1, 0.15) is 71.8 Å². The van der Waals surface area contributed by atoms with Crippen LogP contribution in [-0.4, -0.2) is 148 Å². The van der Waals surface area contributed by atoms with Crippen molar-refractivity contribution in [3.63, 3.8) is 0 Å². The van der Waals surface area contributed by atoms with Crippen LogP contribution in [0.25, 0.3) is 43.6 Å². The number of imidazole rings is 1. The van der Waals surface area contributed by atoms with Crippen molar-refractivity contribution < 1.29 is 69.8 Å². The molecule has 1 fully saturated rings. The van der Waals surface area contributed by atoms with Gasteiger partial charge in [0.25, 0.3) is 0 Å². The second-order valence-corrected chi connectivity index (χ2v) is 28.5. The zero-order chi connectivity index (χ0) is 85.0. The maximum Gasteiger partial charge on any atom is 0.222 e. The Hall–Kier alpha value is -13.5. The zero-order valence-corrected chi connectivity index (χ0v) is 68.7. The highest BCUT2D eigenvalue weighted by Gasteiger charge is 2.21. The Morgan fingerprint density at radius 2 is 0.783 bits per heavy atom. The molecule has 1 aliphatic rings. The van der Waals surface area contributed by atoms with Gasteiger partial charge in [0, 0.05) is 105 Å². The van der Waals surface area contributed by atoms with Crippen LogP contribution in [-0.2, 0) is 20.9 Å². The molecule has 120 heavy (non-hydrogen) atoms. The third kappa shape index (κ3) is 24.4. The van der Waals surface area contributed by atoms with Crippen LogP contribution < -0.4 is 64.9 Å². The average Bonchev–Trinajstić information content (AvgIpc) is 0.809. The van der Waals surface area contributed by atoms with Crippen molar-refractivity contribution in [2.45, 2.75) is 98.4 Å². The van der Waals surface area contributed by atoms with Gasteiger partial charge < -0.3 is 79.1 Å². The number of nitrogens with one attached hydrogen (secondary N) is 4. The van der Waals surface area contributed by atoms with Crippen molar-refractivity contribution in [2.75, 3.05) is 103 Å². The number of fused-ring (bicyclic) bond motifs is 4. The van der Waals surface area contributed by atoms with Crippen LogP contribution in [0.2, 0.25) is 0 Å². The predicted octanol–water partition coefficient (Wildman–Crippen LogP) is 17.9. The number of nitrogens with zero attached hydrogens (tertiary/aromatic N) is 11. The van der Waals surface area contributed by atoms with Crippen LogP contribution in [0.3, 0.4) is 0 Å². The average molecular weight is 1640 g/mol. The molecule has 14 rings (SSSR count). The molecule has 0 spiro atoms. The van der Waals surface area contributed by atoms with Gasteiger partial charge in [-0.1, -0.05) is 24.3 Å². The number of carbonyl (C=O) groups is 2. The molecule has 2 amide bonds. The van der Waals surface area contributed by atoms with Gasteiger partial charge in [-0.25, -0.2) is 62.4 Å². The summed E-state index contributed by atoms with van der Waals surface area (Å²) in [6, 6.07) is 34.3. The number of halogens is 4. The molecule has 0 bridgehead atoms. The number of hydrogen-bond acceptors (Lipinski definition) is 24. The van der Waals surface area contributed by atoms with Crippen LogP contribution in [0.1, 0.15) is 86.5 Å². The van der Waals surface area contributed by atoms with E-state index in [0.717, 1.165) is 85.9 Å². The van der Waals surface area contributed by atoms with Gasteiger partial charge in [0.15, 0.2) is 46.0 Å². The number of aromatic nitrogens is 10. The van der Waals surface area contributed by atoms with Crippen molar-refractivity contribution in [3.8, 4) is 46.0 Å². The molecule has 0 atom stereocenters. The highest BCUT2D eigenvalue weighted by molar-refractivity contribution is 5.96. The molecule has 5 aromatic heterocycles. The van der Waals surface area contributed by atoms with E-state index >= 15 is 0 Å². The number of aryl methyl sites for hydroxylation is 5. The molecule has 6 N–H and O–H groups in total. The summed E-state index contributed by atoms with van der Waals surface area (Å²) in [6.45, 7) is 11.8. The van der Waals surface area contributed by atoms with Gasteiger partial charge in [-0.2, -0.15) is 0 Å². The minimum absolute atomic E-state index is 0.136. The highest BCUT2D eigenvalue weighted by atomic mass is 19.1. The van der Waals surface area contributed by atoms with E-state index in [-0.39, 0.29) is 35.1 Å². The largest absolute Gasteiger partial charge is 0.493 e. The molecular formula is C89H98F4N16O11. The first-order valence-corrected chi connectivity index (χ1v) is 39.1. The van der Waals surface area contributed by atoms with Crippen molar-refractivity contribution in [1.29, 1.82) is 0 Å². The Kier molecular flexibility index (Phi) is 31.4. The van der Waals surface area contributed by atoms with Crippen molar-refractivity contribution >= 4 is 101 Å². The molecule has 628 valence electrons. The van der Waals surface area contributed by atoms with Gasteiger partial charge in [0.2, 0.25) is 11.8 Å². The summed E-state index contributed by atoms with van der Waals surface area (Å²) in [5.74, 6) is 5.39. The van der Waals surface area contributed by atoms with Crippen LogP contribution in [0, 0.1) is 56.9 Å². The summed E-state index contributed by atoms with van der Waals surface area (Å²) in [6.07, 6.45) is 18.7. The SMILES string of the molecule is COc1cc2c(Nc3ccc(C)cc3F)ncnc2cc1OCC1CCOCC1.COc1cc2c(Nc3ccc(C)cc3F)ncnc2cc1OCCCCC(N)=O.COc1cc2c(Nc3ccc(C)cc3F)ncnc2cc1OCCCCCC(=O)N(C)C.COc1cc2c(Nc3ccc(C)cc3F)ncnc2cc1OCCCn1ccnc1. The molecular weight excluding hydrogens is 1550 g/mol. The van der Waals surface area contributed by atoms with Crippen LogP contribution in [0.15, 0.2) is 165 Å². The second kappa shape index (κ2) is 43.1. The van der Waals surface area contributed by atoms with E-state index in [4.69, 9.17) is 48.4 Å². The van der Waals surface area contributed by atoms with Crippen LogP contribution in [0.5, 0.6) is 46.0 Å². The van der Waals surface area contributed by atoms with E-state index in [0.29, 0.717) is 188 Å². The first kappa shape index (κ1) is 87.4. The van der Waals surface area contributed by atoms with Gasteiger partial charge in [-0.05, 0) is 180 Å². The minimum atomic E-state index is -0.361. The maximum absolute atomic E-state index is 14.3. The van der Waals surface area contributed by atoms with Gasteiger partial charge in [-0.15, -0.1) is 0 Å². The van der Waals surface area contributed by atoms with E-state index < -0.39 is 0 Å². The molecule has 1 aliphatic heterocycles. The first-order valence-electron chi connectivity index (χ1n) is 39.1. The Morgan fingerprint density at radius 1 is 0.442 bits per heavy atom. The number of nitrogens with two attached hydrogens (primary N) is 1. The lowest BCUT2D eigenvalue weighted by Gasteiger charge is -2.22. The summed E-state index contributed by atoms with van der Waals surface area (Å²) in [5, 5.41) is 15.0. The topological polar surface area (TPSA) is 316 Å². The van der Waals surface area contributed by atoms with Gasteiger partial charge in [-0.3, -0.25) is 9.59 Å². The molecule has 6 heterocycles. The summed E-state index contributed by atoms with van der Waals surface area (Å²) < 4.78 is 110. The molecule has 0 radical (unpaired) electrons. The Bertz CT molecular complexity index is 5630. The molecule has 0 aliphatic carbocycles. The van der Waals surface area contributed by atoms with Crippen molar-refractivity contribution in [3.05, 3.63) is 211 Å². The van der Waals surface area contributed by atoms with Crippen LogP contribution in [0.4, 0.5) is 63.6 Å². The number of rotatable bonds is 33. The number of methoxy groups -OCH3 is 4. The number of primary amides is 1. The predicted molar refractivity (Wildman–Crippen MR) is 455 cm³/mol. The third-order valence-corrected chi connectivity index (χ3v) is 19.3. The number of benzene rings is 8. The zero-order valence-electron chi connectivity index (χ0n) is 68.7. The standard InChI is InChI=1S/C24H29FN4O3.C22H22FN5O2.C22H24FN3O3.C21H23FN4O3/c1-16-9-10-19(18(25)12-16)28-24-17-13-21(31-4)22(14-20(17)26-15-27-24)32-11-7-5-6-8-23(30)29(2)3;1-15-4-5-18(17(23)10-15)27-22-16-11-20(29-2)21(12-19(16)25-13-26-22)30-9-3-7-28-8-6-24-14-28;1-14-3-4-18(17(23)9-14)26-22-16-10-20(27-2)21(11-19(16)24-13-25-22)29-12-15-5-7-28-8-6-15;1-13-6-7-16(15(22)9-13)26-21-14-10-18(28-2)19(11-17(14)24-12-25-21)29-8-4-3-5-20(23)27/h9-10,12-15H,5-8,11H2,1-4H3,(H,26,27,28);4-6,8,10-14H,3,7,9H2,1-2H3,(H,25,26,27);3-4,9-11,13,15H,5-8,12H2,1-2H3,(H,24,25,26);6-7,9-12H,3-5,8H2,1-2H3,(H2,23,27)(H,24,25,26). The lowest BCUT2D eigenvalue weighted by Crippen LogP contribution is -2.21. The molecule has 0 saturated carbocycles. The molecule has 0 unspecified atom stereocenters. The fourth-order valence-electron chi connectivity index (χ4n) is 12.7. The summed E-state index contributed by atoms with van der Waals surface area (Å²) in [5.41, 5.74) is 12.5. The lowest BCUT2D eigenvalue weighted by molar-refractivity contribution is -0.128. The Balaban J connectivity index is 0.000000157. The van der Waals surface area contributed by atoms with Gasteiger partial charge >= 0.3 is 0 Å². The quantitative estimate of drug-likeness (QED) is 0.0188. The summed E-state index contributed by atoms with van der Waals surface area (Å²) in [7, 11) is 9.81. The number of amides is 2. The summed E-state index contributed by atoms with van der Waals surface area (Å²) in [4.78, 5) is 62.4. The first-order chi connectivity index (χ1) is 58.1. The number of anilines is 8. The van der Waals surface area contributed by atoms with E-state index in [2.05, 4.69) is 66.1 Å². The fourth-order valence-corrected chi connectivity index (χ4v) is 12.7. The van der Waals surface area contributed by atoms with E-state index in [1.165, 1.54) is 56.7 Å². The molecule has 27 nitrogen and oxygen atoms in total. The highest BCUT2D eigenvalue weighted by Crippen LogP contribution is 2.41. The number of hydrogen-bond donors (Lipinski definition) is 5. The number of unbranched alkanes of at least 4 members (excludes halogenated alkanes) is 3. The third-order valence-electron chi connectivity index (χ3n) is 19.3. The van der Waals surface area contributed by atoms with E-state index in [1.807, 2.05) is 80.9 Å². The normalized spacial score (nSPS) is 11.8. The van der Waals surface area contributed by atoms with Crippen molar-refractivity contribution in [1.82, 2.24) is 54.3 Å². The Morgan fingerprint density at radius 3 is 1.11 bits per heavy atom.